The van der Waals surface area contributed by atoms with Crippen LogP contribution in [0, 0.1) is 10.1 Å². The molecule has 0 atom stereocenters. The highest BCUT2D eigenvalue weighted by molar-refractivity contribution is 8.08. The van der Waals surface area contributed by atoms with Crippen LogP contribution in [-0.4, -0.2) is 28.0 Å². The summed E-state index contributed by atoms with van der Waals surface area (Å²) in [6, 6.07) is 3.97. The second-order valence-corrected chi connectivity index (χ2v) is 9.33. The molecule has 0 saturated heterocycles. The van der Waals surface area contributed by atoms with Crippen molar-refractivity contribution in [2.24, 2.45) is 0 Å². The summed E-state index contributed by atoms with van der Waals surface area (Å²) >= 11 is 2.90. The van der Waals surface area contributed by atoms with Crippen molar-refractivity contribution in [2.45, 2.75) is 65.2 Å². The molecular formula is C22H29NO4S2. The molecule has 0 saturated carbocycles. The van der Waals surface area contributed by atoms with Gasteiger partial charge in [-0.1, -0.05) is 52.4 Å². The van der Waals surface area contributed by atoms with Gasteiger partial charge in [-0.25, -0.2) is 0 Å². The molecule has 5 nitrogen and oxygen atoms in total. The number of Topliss-reactive ketones (excluding diaryl/α,β-unsaturated/α-hetero) is 2. The first-order valence-electron chi connectivity index (χ1n) is 10.4. The van der Waals surface area contributed by atoms with Gasteiger partial charge in [0.2, 0.25) is 11.6 Å². The normalized spacial score (nSPS) is 13.7. The number of hydrogen-bond acceptors (Lipinski definition) is 6. The number of nitro groups is 1. The number of benzene rings is 1. The first-order valence-corrected chi connectivity index (χ1v) is 12.4. The lowest BCUT2D eigenvalue weighted by Crippen LogP contribution is -2.20. The minimum absolute atomic E-state index is 0.159. The standard InChI is InChI=1S/C22H29NO4S2/c1-3-5-7-9-13-28-21-19(24)17-12-11-16(23(26)27)15-18(17)20(25)22(21)29-14-10-8-6-4-2/h11-12,15H,3-10,13-14H2,1-2H3. The number of hydrogen-bond donors (Lipinski definition) is 0. The zero-order valence-electron chi connectivity index (χ0n) is 17.2. The summed E-state index contributed by atoms with van der Waals surface area (Å²) in [7, 11) is 0. The smallest absolute Gasteiger partial charge is 0.270 e. The van der Waals surface area contributed by atoms with Crippen molar-refractivity contribution in [3.8, 4) is 0 Å². The van der Waals surface area contributed by atoms with Crippen LogP contribution in [-0.2, 0) is 0 Å². The van der Waals surface area contributed by atoms with Crippen molar-refractivity contribution >= 4 is 40.8 Å². The second kappa shape index (κ2) is 12.2. The Morgan fingerprint density at radius 2 is 1.31 bits per heavy atom. The molecule has 0 aliphatic heterocycles. The van der Waals surface area contributed by atoms with E-state index in [1.165, 1.54) is 41.7 Å². The van der Waals surface area contributed by atoms with Crippen LogP contribution in [0.5, 0.6) is 0 Å². The number of thioether (sulfide) groups is 2. The van der Waals surface area contributed by atoms with Gasteiger partial charge in [0.05, 0.1) is 14.7 Å². The summed E-state index contributed by atoms with van der Waals surface area (Å²) in [5.41, 5.74) is 0.287. The zero-order chi connectivity index (χ0) is 21.2. The Labute approximate surface area is 181 Å². The van der Waals surface area contributed by atoms with Gasteiger partial charge < -0.3 is 0 Å². The van der Waals surface area contributed by atoms with E-state index in [0.29, 0.717) is 9.81 Å². The number of carbonyl (C=O) groups excluding carboxylic acids is 2. The van der Waals surface area contributed by atoms with Crippen molar-refractivity contribution < 1.29 is 14.5 Å². The number of nitrogens with zero attached hydrogens (tertiary/aromatic N) is 1. The van der Waals surface area contributed by atoms with Crippen molar-refractivity contribution in [1.82, 2.24) is 0 Å². The van der Waals surface area contributed by atoms with Crippen molar-refractivity contribution in [1.29, 1.82) is 0 Å². The Hall–Kier alpha value is -1.60. The molecule has 0 N–H and O–H groups in total. The van der Waals surface area contributed by atoms with Crippen LogP contribution in [0.2, 0.25) is 0 Å². The number of carbonyl (C=O) groups is 2. The fourth-order valence-corrected chi connectivity index (χ4v) is 5.54. The molecule has 29 heavy (non-hydrogen) atoms. The molecule has 0 heterocycles. The minimum atomic E-state index is -0.530. The molecule has 1 aromatic rings. The Bertz CT molecular complexity index is 789. The van der Waals surface area contributed by atoms with E-state index in [9.17, 15) is 19.7 Å². The topological polar surface area (TPSA) is 77.3 Å². The lowest BCUT2D eigenvalue weighted by atomic mass is 9.94. The van der Waals surface area contributed by atoms with Gasteiger partial charge in [-0.3, -0.25) is 19.7 Å². The molecule has 0 radical (unpaired) electrons. The third-order valence-electron chi connectivity index (χ3n) is 4.81. The van der Waals surface area contributed by atoms with Gasteiger partial charge in [-0.2, -0.15) is 0 Å². The van der Waals surface area contributed by atoms with Crippen LogP contribution in [0.25, 0.3) is 0 Å². The summed E-state index contributed by atoms with van der Waals surface area (Å²) < 4.78 is 0. The monoisotopic (exact) mass is 435 g/mol. The van der Waals surface area contributed by atoms with Gasteiger partial charge in [0, 0.05) is 23.3 Å². The van der Waals surface area contributed by atoms with Crippen LogP contribution in [0.1, 0.15) is 85.9 Å². The van der Waals surface area contributed by atoms with Gasteiger partial charge in [0.1, 0.15) is 0 Å². The number of allylic oxidation sites excluding steroid dienone is 2. The average molecular weight is 436 g/mol. The van der Waals surface area contributed by atoms with E-state index in [2.05, 4.69) is 13.8 Å². The third kappa shape index (κ3) is 6.44. The molecule has 7 heteroatoms. The number of fused-ring (bicyclic) bond motifs is 1. The van der Waals surface area contributed by atoms with Crippen molar-refractivity contribution in [3.05, 3.63) is 49.3 Å². The first kappa shape index (κ1) is 23.7. The number of unbranched alkanes of at least 4 members (excludes halogenated alkanes) is 6. The molecule has 1 aliphatic rings. The van der Waals surface area contributed by atoms with E-state index >= 15 is 0 Å². The number of nitro benzene ring substituents is 1. The van der Waals surface area contributed by atoms with Gasteiger partial charge in [-0.15, -0.1) is 23.5 Å². The zero-order valence-corrected chi connectivity index (χ0v) is 18.8. The fraction of sp³-hybridized carbons (Fsp3) is 0.545. The maximum absolute atomic E-state index is 13.1. The van der Waals surface area contributed by atoms with E-state index in [0.717, 1.165) is 62.9 Å². The third-order valence-corrected chi connectivity index (χ3v) is 7.28. The van der Waals surface area contributed by atoms with E-state index in [-0.39, 0.29) is 28.4 Å². The van der Waals surface area contributed by atoms with Crippen LogP contribution >= 0.6 is 23.5 Å². The molecular weight excluding hydrogens is 406 g/mol. The second-order valence-electron chi connectivity index (χ2n) is 7.12. The van der Waals surface area contributed by atoms with Crippen molar-refractivity contribution in [3.63, 3.8) is 0 Å². The highest BCUT2D eigenvalue weighted by Gasteiger charge is 2.33. The summed E-state index contributed by atoms with van der Waals surface area (Å²) in [5, 5.41) is 11.1. The largest absolute Gasteiger partial charge is 0.288 e. The highest BCUT2D eigenvalue weighted by Crippen LogP contribution is 2.39. The Morgan fingerprint density at radius 1 is 0.793 bits per heavy atom. The number of non-ortho nitro benzene ring substituents is 1. The Balaban J connectivity index is 2.24. The SMILES string of the molecule is CCCCCCSC1=C(SCCCCCC)C(=O)c2cc([N+](=O)[O-])ccc2C1=O. The lowest BCUT2D eigenvalue weighted by molar-refractivity contribution is -0.384. The van der Waals surface area contributed by atoms with Gasteiger partial charge in [0.15, 0.2) is 0 Å². The summed E-state index contributed by atoms with van der Waals surface area (Å²) in [5.74, 6) is 1.15. The number of rotatable bonds is 13. The number of ketones is 2. The molecule has 1 aliphatic carbocycles. The highest BCUT2D eigenvalue weighted by atomic mass is 32.2. The predicted octanol–water partition coefficient (Wildman–Crippen LogP) is 6.81. The molecule has 158 valence electrons. The molecule has 0 aromatic heterocycles. The van der Waals surface area contributed by atoms with E-state index in [4.69, 9.17) is 0 Å². The molecule has 2 rings (SSSR count). The summed E-state index contributed by atoms with van der Waals surface area (Å²) in [6.45, 7) is 4.30. The Morgan fingerprint density at radius 3 is 1.79 bits per heavy atom. The van der Waals surface area contributed by atoms with Gasteiger partial charge in [0.25, 0.3) is 5.69 Å². The average Bonchev–Trinajstić information content (AvgIpc) is 2.72. The minimum Gasteiger partial charge on any atom is -0.288 e. The van der Waals surface area contributed by atoms with Crippen LogP contribution < -0.4 is 0 Å². The molecule has 1 aromatic carbocycles. The summed E-state index contributed by atoms with van der Waals surface area (Å²) in [4.78, 5) is 37.8. The molecule has 0 unspecified atom stereocenters. The van der Waals surface area contributed by atoms with Crippen LogP contribution in [0.3, 0.4) is 0 Å². The Kier molecular flexibility index (Phi) is 9.94. The van der Waals surface area contributed by atoms with Gasteiger partial charge >= 0.3 is 0 Å². The van der Waals surface area contributed by atoms with Crippen LogP contribution in [0.4, 0.5) is 5.69 Å². The van der Waals surface area contributed by atoms with Crippen molar-refractivity contribution in [2.75, 3.05) is 11.5 Å². The van der Waals surface area contributed by atoms with E-state index < -0.39 is 4.92 Å². The maximum atomic E-state index is 13.1. The van der Waals surface area contributed by atoms with Gasteiger partial charge in [-0.05, 0) is 30.4 Å². The molecule has 0 amide bonds. The quantitative estimate of drug-likeness (QED) is 0.192. The maximum Gasteiger partial charge on any atom is 0.270 e. The first-order chi connectivity index (χ1) is 14.0. The summed E-state index contributed by atoms with van der Waals surface area (Å²) in [6.07, 6.45) is 8.81. The molecule has 0 bridgehead atoms. The van der Waals surface area contributed by atoms with E-state index in [1.807, 2.05) is 0 Å². The molecule has 0 fully saturated rings. The predicted molar refractivity (Wildman–Crippen MR) is 122 cm³/mol. The van der Waals surface area contributed by atoms with Crippen LogP contribution in [0.15, 0.2) is 28.0 Å². The molecule has 0 spiro atoms. The lowest BCUT2D eigenvalue weighted by Gasteiger charge is -2.20. The fourth-order valence-electron chi connectivity index (χ4n) is 3.15. The van der Waals surface area contributed by atoms with E-state index in [1.54, 1.807) is 0 Å².